The summed E-state index contributed by atoms with van der Waals surface area (Å²) in [5.74, 6) is 1.87. The number of ether oxygens (including phenoxy) is 3. The summed E-state index contributed by atoms with van der Waals surface area (Å²) in [6.07, 6.45) is 1.11. The van der Waals surface area contributed by atoms with Crippen LogP contribution in [0.1, 0.15) is 28.1 Å². The number of hydrogen-bond acceptors (Lipinski definition) is 8. The average Bonchev–Trinajstić information content (AvgIpc) is 3.15. The first-order chi connectivity index (χ1) is 23.9. The highest BCUT2D eigenvalue weighted by Gasteiger charge is 2.12. The van der Waals surface area contributed by atoms with Crippen LogP contribution >= 0.6 is 0 Å². The molecule has 0 aliphatic rings. The number of aromatic amines is 2. The van der Waals surface area contributed by atoms with Crippen LogP contribution in [0.4, 0.5) is 0 Å². The molecule has 5 aromatic carbocycles. The average molecular weight is 655 g/mol. The van der Waals surface area contributed by atoms with E-state index in [0.29, 0.717) is 47.5 Å². The molecule has 0 radical (unpaired) electrons. The van der Waals surface area contributed by atoms with Gasteiger partial charge < -0.3 is 19.3 Å². The van der Waals surface area contributed by atoms with Crippen molar-refractivity contribution < 1.29 is 19.3 Å². The highest BCUT2D eigenvalue weighted by atomic mass is 16.5. The lowest BCUT2D eigenvalue weighted by Gasteiger charge is -2.13. The number of fused-ring (bicyclic) bond motifs is 2. The number of phenols is 1. The minimum Gasteiger partial charge on any atom is -0.504 e. The normalized spacial score (nSPS) is 10.7. The second kappa shape index (κ2) is 15.0. The number of benzene rings is 5. The van der Waals surface area contributed by atoms with Gasteiger partial charge in [-0.1, -0.05) is 78.9 Å². The second-order valence-corrected chi connectivity index (χ2v) is 11.2. The van der Waals surface area contributed by atoms with Gasteiger partial charge in [0.2, 0.25) is 0 Å². The molecule has 10 heteroatoms. The van der Waals surface area contributed by atoms with Gasteiger partial charge in [-0.25, -0.2) is 10.2 Å². The van der Waals surface area contributed by atoms with E-state index in [2.05, 4.69) is 20.4 Å². The van der Waals surface area contributed by atoms with Gasteiger partial charge in [0.1, 0.15) is 6.61 Å². The van der Waals surface area contributed by atoms with Crippen LogP contribution < -0.4 is 25.3 Å². The Labute approximate surface area is 281 Å². The van der Waals surface area contributed by atoms with Crippen LogP contribution in [0.3, 0.4) is 0 Å². The third-order valence-electron chi connectivity index (χ3n) is 8.00. The van der Waals surface area contributed by atoms with Gasteiger partial charge in [-0.2, -0.15) is 10.2 Å². The summed E-state index contributed by atoms with van der Waals surface area (Å²) in [4.78, 5) is 23.7. The molecule has 7 aromatic rings. The molecule has 0 saturated carbocycles. The quantitative estimate of drug-likeness (QED) is 0.164. The molecule has 0 saturated heterocycles. The summed E-state index contributed by atoms with van der Waals surface area (Å²) >= 11 is 0. The maximum Gasteiger partial charge on any atom is 0.272 e. The summed E-state index contributed by atoms with van der Waals surface area (Å²) < 4.78 is 16.5. The summed E-state index contributed by atoms with van der Waals surface area (Å²) in [6.45, 7) is 0.475. The van der Waals surface area contributed by atoms with Crippen LogP contribution in [0.25, 0.3) is 21.5 Å². The molecule has 246 valence electrons. The number of H-pyrrole nitrogens is 2. The summed E-state index contributed by atoms with van der Waals surface area (Å²) in [5.41, 5.74) is 4.27. The van der Waals surface area contributed by atoms with E-state index in [1.54, 1.807) is 37.4 Å². The van der Waals surface area contributed by atoms with Crippen LogP contribution in [0, 0.1) is 0 Å². The predicted molar refractivity (Wildman–Crippen MR) is 189 cm³/mol. The van der Waals surface area contributed by atoms with Crippen LogP contribution in [-0.2, 0) is 19.4 Å². The minimum absolute atomic E-state index is 0.0977. The predicted octanol–water partition coefficient (Wildman–Crippen LogP) is 6.33. The van der Waals surface area contributed by atoms with Crippen LogP contribution in [0.2, 0.25) is 0 Å². The van der Waals surface area contributed by atoms with Gasteiger partial charge in [-0.3, -0.25) is 9.59 Å². The van der Waals surface area contributed by atoms with Crippen molar-refractivity contribution in [3.05, 3.63) is 164 Å². The summed E-state index contributed by atoms with van der Waals surface area (Å²) in [5, 5.41) is 26.0. The fourth-order valence-electron chi connectivity index (χ4n) is 5.51. The first-order valence-electron chi connectivity index (χ1n) is 15.6. The van der Waals surface area contributed by atoms with E-state index >= 15 is 0 Å². The van der Waals surface area contributed by atoms with Crippen LogP contribution in [-0.4, -0.2) is 39.7 Å². The monoisotopic (exact) mass is 654 g/mol. The maximum absolute atomic E-state index is 12.0. The fraction of sp³-hybridized carbons (Fsp3) is 0.128. The first kappa shape index (κ1) is 32.5. The first-order valence-corrected chi connectivity index (χ1v) is 15.6. The Balaban J connectivity index is 0.000000177. The lowest BCUT2D eigenvalue weighted by molar-refractivity contribution is 0.284. The number of aromatic hydroxyl groups is 1. The van der Waals surface area contributed by atoms with Crippen molar-refractivity contribution in [3.63, 3.8) is 0 Å². The summed E-state index contributed by atoms with van der Waals surface area (Å²) in [7, 11) is 3.13. The largest absolute Gasteiger partial charge is 0.504 e. The van der Waals surface area contributed by atoms with Gasteiger partial charge in [0.05, 0.1) is 36.4 Å². The Morgan fingerprint density at radius 1 is 0.551 bits per heavy atom. The molecule has 49 heavy (non-hydrogen) atoms. The Bertz CT molecular complexity index is 2340. The zero-order valence-corrected chi connectivity index (χ0v) is 27.0. The molecular weight excluding hydrogens is 620 g/mol. The standard InChI is InChI=1S/C23H20N2O3.C16H14N2O3/c1-27-22-14-17(11-12-21(22)28-15-16-7-3-2-4-8-16)13-20-18-9-5-6-10-19(18)23(26)25-24-20;1-21-15-9-10(6-7-14(15)19)8-13-11-4-2-3-5-12(11)16(20)18-17-13/h2-12,14H,13,15H2,1H3,(H,25,26);2-7,9,19H,8H2,1H3,(H,18,20). The van der Waals surface area contributed by atoms with Gasteiger partial charge in [-0.05, 0) is 53.1 Å². The van der Waals surface area contributed by atoms with Crippen LogP contribution in [0.5, 0.6) is 23.0 Å². The number of phenolic OH excluding ortho intramolecular Hbond substituents is 1. The zero-order chi connectivity index (χ0) is 34.2. The van der Waals surface area contributed by atoms with Crippen LogP contribution in [0.15, 0.2) is 125 Å². The van der Waals surface area contributed by atoms with Crippen molar-refractivity contribution in [1.29, 1.82) is 0 Å². The number of hydrogen-bond donors (Lipinski definition) is 3. The second-order valence-electron chi connectivity index (χ2n) is 11.2. The molecule has 10 nitrogen and oxygen atoms in total. The van der Waals surface area contributed by atoms with E-state index in [1.807, 2.05) is 84.9 Å². The third kappa shape index (κ3) is 7.60. The third-order valence-corrected chi connectivity index (χ3v) is 8.00. The van der Waals surface area contributed by atoms with Crippen molar-refractivity contribution in [1.82, 2.24) is 20.4 Å². The molecule has 3 N–H and O–H groups in total. The zero-order valence-electron chi connectivity index (χ0n) is 27.0. The SMILES string of the molecule is COc1cc(Cc2n[nH]c(=O)c3ccccc23)ccc1O.COc1cc(Cc2n[nH]c(=O)c3ccccc23)ccc1OCc1ccccc1. The van der Waals surface area contributed by atoms with Crippen molar-refractivity contribution in [2.75, 3.05) is 14.2 Å². The van der Waals surface area contributed by atoms with E-state index in [4.69, 9.17) is 14.2 Å². The number of nitrogens with zero attached hydrogens (tertiary/aromatic N) is 2. The lowest BCUT2D eigenvalue weighted by Crippen LogP contribution is -2.11. The van der Waals surface area contributed by atoms with Crippen molar-refractivity contribution in [2.24, 2.45) is 0 Å². The Morgan fingerprint density at radius 2 is 1.04 bits per heavy atom. The minimum atomic E-state index is -0.197. The number of nitrogens with one attached hydrogen (secondary N) is 2. The molecule has 2 aromatic heterocycles. The fourth-order valence-corrected chi connectivity index (χ4v) is 5.51. The molecule has 0 amide bonds. The van der Waals surface area contributed by atoms with Gasteiger partial charge in [0, 0.05) is 23.6 Å². The molecule has 0 atom stereocenters. The number of rotatable bonds is 9. The van der Waals surface area contributed by atoms with Crippen molar-refractivity contribution in [3.8, 4) is 23.0 Å². The molecule has 2 heterocycles. The highest BCUT2D eigenvalue weighted by Crippen LogP contribution is 2.30. The highest BCUT2D eigenvalue weighted by molar-refractivity contribution is 5.84. The van der Waals surface area contributed by atoms with Gasteiger partial charge in [0.25, 0.3) is 11.1 Å². The Hall–Kier alpha value is -6.42. The summed E-state index contributed by atoms with van der Waals surface area (Å²) in [6, 6.07) is 35.8. The molecule has 0 spiro atoms. The van der Waals surface area contributed by atoms with E-state index < -0.39 is 0 Å². The maximum atomic E-state index is 12.0. The molecule has 0 bridgehead atoms. The number of methoxy groups -OCH3 is 2. The van der Waals surface area contributed by atoms with Crippen molar-refractivity contribution in [2.45, 2.75) is 19.4 Å². The van der Waals surface area contributed by atoms with Gasteiger partial charge in [-0.15, -0.1) is 0 Å². The molecule has 0 fully saturated rings. The molecular formula is C39H34N4O6. The number of aromatic nitrogens is 4. The Morgan fingerprint density at radius 3 is 1.59 bits per heavy atom. The van der Waals surface area contributed by atoms with E-state index in [-0.39, 0.29) is 16.9 Å². The molecule has 0 aliphatic heterocycles. The van der Waals surface area contributed by atoms with Gasteiger partial charge in [0.15, 0.2) is 23.0 Å². The smallest absolute Gasteiger partial charge is 0.272 e. The topological polar surface area (TPSA) is 139 Å². The Kier molecular flexibility index (Phi) is 9.95. The van der Waals surface area contributed by atoms with E-state index in [1.165, 1.54) is 7.11 Å². The lowest BCUT2D eigenvalue weighted by atomic mass is 10.0. The molecule has 0 aliphatic carbocycles. The van der Waals surface area contributed by atoms with E-state index in [9.17, 15) is 14.7 Å². The van der Waals surface area contributed by atoms with Crippen molar-refractivity contribution >= 4 is 21.5 Å². The van der Waals surface area contributed by atoms with Gasteiger partial charge >= 0.3 is 0 Å². The molecule has 7 rings (SSSR count). The van der Waals surface area contributed by atoms with E-state index in [0.717, 1.165) is 38.9 Å². The molecule has 0 unspecified atom stereocenters.